The van der Waals surface area contributed by atoms with Crippen molar-refractivity contribution in [1.82, 2.24) is 9.62 Å². The smallest absolute Gasteiger partial charge is 0.215 e. The van der Waals surface area contributed by atoms with Gasteiger partial charge in [-0.3, -0.25) is 0 Å². The molecule has 22 heavy (non-hydrogen) atoms. The first-order chi connectivity index (χ1) is 10.5. The zero-order valence-electron chi connectivity index (χ0n) is 13.8. The van der Waals surface area contributed by atoms with Gasteiger partial charge in [0, 0.05) is 13.1 Å². The van der Waals surface area contributed by atoms with E-state index in [1.807, 2.05) is 31.2 Å². The lowest BCUT2D eigenvalue weighted by Crippen LogP contribution is -2.30. The van der Waals surface area contributed by atoms with Crippen LogP contribution in [-0.2, 0) is 20.5 Å². The van der Waals surface area contributed by atoms with Crippen LogP contribution in [0.4, 0.5) is 0 Å². The van der Waals surface area contributed by atoms with Crippen LogP contribution in [0.5, 0.6) is 0 Å². The molecule has 0 unspecified atom stereocenters. The van der Waals surface area contributed by atoms with Crippen LogP contribution in [0.1, 0.15) is 25.0 Å². The van der Waals surface area contributed by atoms with E-state index in [0.29, 0.717) is 19.8 Å². The molecule has 1 aromatic rings. The fourth-order valence-corrected chi connectivity index (χ4v) is 3.29. The second-order valence-corrected chi connectivity index (χ2v) is 7.09. The molecular weight excluding hydrogens is 300 g/mol. The van der Waals surface area contributed by atoms with Crippen LogP contribution in [-0.4, -0.2) is 52.7 Å². The van der Waals surface area contributed by atoms with Gasteiger partial charge in [0.2, 0.25) is 10.0 Å². The number of nitrogens with zero attached hydrogens (tertiary/aromatic N) is 1. The first-order valence-electron chi connectivity index (χ1n) is 7.79. The number of hydrogen-bond acceptors (Lipinski definition) is 4. The highest BCUT2D eigenvalue weighted by Crippen LogP contribution is 2.07. The van der Waals surface area contributed by atoms with E-state index >= 15 is 0 Å². The van der Waals surface area contributed by atoms with Gasteiger partial charge in [-0.05, 0) is 25.6 Å². The van der Waals surface area contributed by atoms with Crippen molar-refractivity contribution in [3.8, 4) is 0 Å². The van der Waals surface area contributed by atoms with Crippen molar-refractivity contribution in [2.24, 2.45) is 0 Å². The highest BCUT2D eigenvalue weighted by atomic mass is 32.2. The molecule has 0 fully saturated rings. The zero-order chi connectivity index (χ0) is 16.4. The third-order valence-electron chi connectivity index (χ3n) is 3.45. The average Bonchev–Trinajstić information content (AvgIpc) is 2.46. The summed E-state index contributed by atoms with van der Waals surface area (Å²) in [4.78, 5) is 2.27. The monoisotopic (exact) mass is 328 g/mol. The van der Waals surface area contributed by atoms with Crippen LogP contribution in [0.2, 0.25) is 0 Å². The number of nitrogens with one attached hydrogen (secondary N) is 1. The molecule has 126 valence electrons. The summed E-state index contributed by atoms with van der Waals surface area (Å²) in [6.07, 6.45) is 0. The predicted octanol–water partition coefficient (Wildman–Crippen LogP) is 1.77. The Morgan fingerprint density at radius 2 is 1.91 bits per heavy atom. The standard InChI is InChI=1S/C16H28N2O3S/c1-4-18(5-2)10-12-21-11-9-17-22(19,20)14-16-8-6-7-15(3)13-16/h6-8,13,17H,4-5,9-12,14H2,1-3H3. The van der Waals surface area contributed by atoms with Crippen LogP contribution >= 0.6 is 0 Å². The third-order valence-corrected chi connectivity index (χ3v) is 4.81. The topological polar surface area (TPSA) is 58.6 Å². The minimum atomic E-state index is -3.30. The van der Waals surface area contributed by atoms with E-state index in [9.17, 15) is 8.42 Å². The first-order valence-corrected chi connectivity index (χ1v) is 9.45. The summed E-state index contributed by atoms with van der Waals surface area (Å²) in [5.41, 5.74) is 1.86. The Labute approximate surface area is 134 Å². The fraction of sp³-hybridized carbons (Fsp3) is 0.625. The summed E-state index contributed by atoms with van der Waals surface area (Å²) >= 11 is 0. The molecule has 0 saturated carbocycles. The van der Waals surface area contributed by atoms with Crippen molar-refractivity contribution in [1.29, 1.82) is 0 Å². The molecule has 0 spiro atoms. The Kier molecular flexibility index (Phi) is 8.63. The zero-order valence-corrected chi connectivity index (χ0v) is 14.7. The number of sulfonamides is 1. The quantitative estimate of drug-likeness (QED) is 0.629. The lowest BCUT2D eigenvalue weighted by atomic mass is 10.2. The van der Waals surface area contributed by atoms with E-state index < -0.39 is 10.0 Å². The van der Waals surface area contributed by atoms with Crippen LogP contribution in [0.3, 0.4) is 0 Å². The highest BCUT2D eigenvalue weighted by molar-refractivity contribution is 7.88. The van der Waals surface area contributed by atoms with Crippen LogP contribution in [0.15, 0.2) is 24.3 Å². The van der Waals surface area contributed by atoms with Gasteiger partial charge in [-0.1, -0.05) is 43.7 Å². The maximum absolute atomic E-state index is 12.0. The van der Waals surface area contributed by atoms with Crippen molar-refractivity contribution in [3.05, 3.63) is 35.4 Å². The third kappa shape index (κ3) is 7.89. The minimum absolute atomic E-state index is 0.00806. The summed E-state index contributed by atoms with van der Waals surface area (Å²) < 4.78 is 32.0. The van der Waals surface area contributed by atoms with Crippen LogP contribution in [0.25, 0.3) is 0 Å². The molecule has 0 aliphatic rings. The van der Waals surface area contributed by atoms with Gasteiger partial charge in [-0.25, -0.2) is 13.1 Å². The highest BCUT2D eigenvalue weighted by Gasteiger charge is 2.10. The molecule has 1 aromatic carbocycles. The Balaban J connectivity index is 2.23. The minimum Gasteiger partial charge on any atom is -0.379 e. The Morgan fingerprint density at radius 1 is 1.18 bits per heavy atom. The molecule has 0 amide bonds. The molecule has 5 nitrogen and oxygen atoms in total. The van der Waals surface area contributed by atoms with E-state index in [2.05, 4.69) is 23.5 Å². The van der Waals surface area contributed by atoms with Gasteiger partial charge in [0.05, 0.1) is 19.0 Å². The summed E-state index contributed by atoms with van der Waals surface area (Å²) in [7, 11) is -3.30. The van der Waals surface area contributed by atoms with Crippen LogP contribution < -0.4 is 4.72 Å². The van der Waals surface area contributed by atoms with Gasteiger partial charge in [-0.15, -0.1) is 0 Å². The lowest BCUT2D eigenvalue weighted by Gasteiger charge is -2.17. The number of benzene rings is 1. The summed E-state index contributed by atoms with van der Waals surface area (Å²) in [6, 6.07) is 7.54. The summed E-state index contributed by atoms with van der Waals surface area (Å²) in [5, 5.41) is 0. The largest absolute Gasteiger partial charge is 0.379 e. The van der Waals surface area contributed by atoms with Crippen molar-refractivity contribution in [3.63, 3.8) is 0 Å². The van der Waals surface area contributed by atoms with Crippen molar-refractivity contribution < 1.29 is 13.2 Å². The number of hydrogen-bond donors (Lipinski definition) is 1. The molecule has 0 aliphatic carbocycles. The van der Waals surface area contributed by atoms with E-state index in [-0.39, 0.29) is 5.75 Å². The molecule has 1 N–H and O–H groups in total. The van der Waals surface area contributed by atoms with Crippen molar-refractivity contribution in [2.75, 3.05) is 39.4 Å². The molecule has 0 atom stereocenters. The van der Waals surface area contributed by atoms with E-state index in [0.717, 1.165) is 30.8 Å². The van der Waals surface area contributed by atoms with Gasteiger partial charge in [-0.2, -0.15) is 0 Å². The summed E-state index contributed by atoms with van der Waals surface area (Å²) in [5.74, 6) is 0.00806. The Hall–Kier alpha value is -0.950. The second-order valence-electron chi connectivity index (χ2n) is 5.28. The van der Waals surface area contributed by atoms with Crippen LogP contribution in [0, 0.1) is 6.92 Å². The maximum Gasteiger partial charge on any atom is 0.215 e. The number of aryl methyl sites for hydroxylation is 1. The molecule has 0 bridgehead atoms. The second kappa shape index (κ2) is 9.94. The van der Waals surface area contributed by atoms with E-state index in [1.165, 1.54) is 0 Å². The predicted molar refractivity (Wildman–Crippen MR) is 90.4 cm³/mol. The number of likely N-dealkylation sites (N-methyl/N-ethyl adjacent to an activating group) is 1. The lowest BCUT2D eigenvalue weighted by molar-refractivity contribution is 0.111. The van der Waals surface area contributed by atoms with Crippen molar-refractivity contribution >= 4 is 10.0 Å². The normalized spacial score (nSPS) is 12.0. The van der Waals surface area contributed by atoms with Gasteiger partial charge in [0.1, 0.15) is 0 Å². The average molecular weight is 328 g/mol. The first kappa shape index (κ1) is 19.1. The Bertz CT molecular complexity index is 528. The van der Waals surface area contributed by atoms with Crippen molar-refractivity contribution in [2.45, 2.75) is 26.5 Å². The maximum atomic E-state index is 12.0. The molecule has 0 aliphatic heterocycles. The number of ether oxygens (including phenoxy) is 1. The molecular formula is C16H28N2O3S. The molecule has 0 radical (unpaired) electrons. The van der Waals surface area contributed by atoms with E-state index in [1.54, 1.807) is 0 Å². The van der Waals surface area contributed by atoms with Gasteiger partial charge in [0.15, 0.2) is 0 Å². The molecule has 6 heteroatoms. The SMILES string of the molecule is CCN(CC)CCOCCNS(=O)(=O)Cc1cccc(C)c1. The van der Waals surface area contributed by atoms with E-state index in [4.69, 9.17) is 4.74 Å². The van der Waals surface area contributed by atoms with Gasteiger partial charge >= 0.3 is 0 Å². The molecule has 0 aromatic heterocycles. The summed E-state index contributed by atoms with van der Waals surface area (Å²) in [6.45, 7) is 10.4. The molecule has 0 heterocycles. The van der Waals surface area contributed by atoms with Gasteiger partial charge in [0.25, 0.3) is 0 Å². The number of rotatable bonds is 11. The fourth-order valence-electron chi connectivity index (χ4n) is 2.18. The Morgan fingerprint density at radius 3 is 2.55 bits per heavy atom. The van der Waals surface area contributed by atoms with Gasteiger partial charge < -0.3 is 9.64 Å². The molecule has 0 saturated heterocycles. The molecule has 1 rings (SSSR count).